The number of benzene rings is 1. The molecule has 0 amide bonds. The molecule has 0 radical (unpaired) electrons. The first-order valence-corrected chi connectivity index (χ1v) is 6.36. The SMILES string of the molecule is CCNCc1ccnc(N(C)c2ccccc2F)c1. The van der Waals surface area contributed by atoms with Gasteiger partial charge in [-0.05, 0) is 36.4 Å². The van der Waals surface area contributed by atoms with Gasteiger partial charge in [-0.15, -0.1) is 0 Å². The fourth-order valence-electron chi connectivity index (χ4n) is 1.87. The van der Waals surface area contributed by atoms with Gasteiger partial charge in [-0.2, -0.15) is 0 Å². The number of rotatable bonds is 5. The number of nitrogens with zero attached hydrogens (tertiary/aromatic N) is 2. The Labute approximate surface area is 113 Å². The number of hydrogen-bond donors (Lipinski definition) is 1. The van der Waals surface area contributed by atoms with Crippen molar-refractivity contribution >= 4 is 11.5 Å². The molecule has 19 heavy (non-hydrogen) atoms. The summed E-state index contributed by atoms with van der Waals surface area (Å²) >= 11 is 0. The summed E-state index contributed by atoms with van der Waals surface area (Å²) < 4.78 is 13.7. The molecule has 1 aromatic heterocycles. The van der Waals surface area contributed by atoms with E-state index in [1.807, 2.05) is 25.2 Å². The summed E-state index contributed by atoms with van der Waals surface area (Å²) in [7, 11) is 1.82. The summed E-state index contributed by atoms with van der Waals surface area (Å²) in [5.41, 5.74) is 1.66. The largest absolute Gasteiger partial charge is 0.327 e. The molecule has 0 aliphatic rings. The Morgan fingerprint density at radius 2 is 2.05 bits per heavy atom. The molecule has 0 spiro atoms. The predicted molar refractivity (Wildman–Crippen MR) is 76.1 cm³/mol. The maximum atomic E-state index is 13.7. The first-order chi connectivity index (χ1) is 9.22. The van der Waals surface area contributed by atoms with Crippen molar-refractivity contribution in [1.29, 1.82) is 0 Å². The topological polar surface area (TPSA) is 28.2 Å². The maximum absolute atomic E-state index is 13.7. The first-order valence-electron chi connectivity index (χ1n) is 6.36. The average Bonchev–Trinajstić information content (AvgIpc) is 2.45. The first kappa shape index (κ1) is 13.5. The number of pyridine rings is 1. The summed E-state index contributed by atoms with van der Waals surface area (Å²) in [4.78, 5) is 6.05. The van der Waals surface area contributed by atoms with E-state index < -0.39 is 0 Å². The second-order valence-electron chi connectivity index (χ2n) is 4.31. The lowest BCUT2D eigenvalue weighted by Gasteiger charge is -2.19. The normalized spacial score (nSPS) is 10.5. The van der Waals surface area contributed by atoms with Crippen LogP contribution in [-0.2, 0) is 6.54 Å². The lowest BCUT2D eigenvalue weighted by molar-refractivity contribution is 0.627. The van der Waals surface area contributed by atoms with E-state index in [4.69, 9.17) is 0 Å². The molecule has 4 heteroatoms. The second kappa shape index (κ2) is 6.29. The minimum absolute atomic E-state index is 0.246. The van der Waals surface area contributed by atoms with Gasteiger partial charge < -0.3 is 10.2 Å². The van der Waals surface area contributed by atoms with Gasteiger partial charge in [-0.25, -0.2) is 9.37 Å². The van der Waals surface area contributed by atoms with E-state index in [1.165, 1.54) is 6.07 Å². The molecule has 3 nitrogen and oxygen atoms in total. The highest BCUT2D eigenvalue weighted by Gasteiger charge is 2.10. The molecule has 0 atom stereocenters. The third-order valence-corrected chi connectivity index (χ3v) is 2.95. The molecular weight excluding hydrogens is 241 g/mol. The summed E-state index contributed by atoms with van der Waals surface area (Å²) in [5.74, 6) is 0.490. The molecule has 1 heterocycles. The third-order valence-electron chi connectivity index (χ3n) is 2.95. The third kappa shape index (κ3) is 3.29. The highest BCUT2D eigenvalue weighted by atomic mass is 19.1. The van der Waals surface area contributed by atoms with Gasteiger partial charge in [0.2, 0.25) is 0 Å². The van der Waals surface area contributed by atoms with Crippen LogP contribution < -0.4 is 10.2 Å². The van der Waals surface area contributed by atoms with E-state index in [0.717, 1.165) is 24.5 Å². The number of nitrogens with one attached hydrogen (secondary N) is 1. The van der Waals surface area contributed by atoms with Gasteiger partial charge >= 0.3 is 0 Å². The van der Waals surface area contributed by atoms with Gasteiger partial charge in [-0.1, -0.05) is 19.1 Å². The summed E-state index contributed by atoms with van der Waals surface area (Å²) in [6.07, 6.45) is 1.75. The Hall–Kier alpha value is -1.94. The number of halogens is 1. The quantitative estimate of drug-likeness (QED) is 0.894. The van der Waals surface area contributed by atoms with Crippen molar-refractivity contribution in [2.75, 3.05) is 18.5 Å². The zero-order chi connectivity index (χ0) is 13.7. The fraction of sp³-hybridized carbons (Fsp3) is 0.267. The van der Waals surface area contributed by atoms with Crippen LogP contribution >= 0.6 is 0 Å². The van der Waals surface area contributed by atoms with E-state index >= 15 is 0 Å². The Morgan fingerprint density at radius 3 is 2.79 bits per heavy atom. The van der Waals surface area contributed by atoms with E-state index in [9.17, 15) is 4.39 Å². The molecule has 0 fully saturated rings. The molecule has 1 aromatic carbocycles. The number of para-hydroxylation sites is 1. The lowest BCUT2D eigenvalue weighted by atomic mass is 10.2. The second-order valence-corrected chi connectivity index (χ2v) is 4.31. The standard InChI is InChI=1S/C15H18FN3/c1-3-17-11-12-8-9-18-15(10-12)19(2)14-7-5-4-6-13(14)16/h4-10,17H,3,11H2,1-2H3. The molecular formula is C15H18FN3. The monoisotopic (exact) mass is 259 g/mol. The van der Waals surface area contributed by atoms with Crippen LogP contribution in [0.25, 0.3) is 0 Å². The maximum Gasteiger partial charge on any atom is 0.146 e. The minimum atomic E-state index is -0.246. The van der Waals surface area contributed by atoms with Gasteiger partial charge in [0.1, 0.15) is 11.6 Å². The van der Waals surface area contributed by atoms with E-state index in [1.54, 1.807) is 23.2 Å². The molecule has 2 aromatic rings. The van der Waals surface area contributed by atoms with E-state index in [0.29, 0.717) is 5.69 Å². The van der Waals surface area contributed by atoms with Gasteiger partial charge in [0.15, 0.2) is 0 Å². The Kier molecular flexibility index (Phi) is 4.47. The summed E-state index contributed by atoms with van der Waals surface area (Å²) in [6.45, 7) is 3.77. The Morgan fingerprint density at radius 1 is 1.26 bits per heavy atom. The smallest absolute Gasteiger partial charge is 0.146 e. The Balaban J connectivity index is 2.24. The van der Waals surface area contributed by atoms with Crippen LogP contribution in [-0.4, -0.2) is 18.6 Å². The minimum Gasteiger partial charge on any atom is -0.327 e. The highest BCUT2D eigenvalue weighted by Crippen LogP contribution is 2.24. The predicted octanol–water partition coefficient (Wildman–Crippen LogP) is 3.10. The van der Waals surface area contributed by atoms with Gasteiger partial charge in [0.05, 0.1) is 5.69 Å². The van der Waals surface area contributed by atoms with Crippen molar-refractivity contribution in [2.24, 2.45) is 0 Å². The van der Waals surface area contributed by atoms with Gasteiger partial charge in [0.25, 0.3) is 0 Å². The lowest BCUT2D eigenvalue weighted by Crippen LogP contribution is -2.15. The fourth-order valence-corrected chi connectivity index (χ4v) is 1.87. The number of aromatic nitrogens is 1. The van der Waals surface area contributed by atoms with E-state index in [2.05, 4.69) is 17.2 Å². The number of hydrogen-bond acceptors (Lipinski definition) is 3. The van der Waals surface area contributed by atoms with Crippen LogP contribution in [0.3, 0.4) is 0 Å². The van der Waals surface area contributed by atoms with Crippen LogP contribution in [0.4, 0.5) is 15.9 Å². The Bertz CT molecular complexity index is 542. The summed E-state index contributed by atoms with van der Waals surface area (Å²) in [6, 6.07) is 10.6. The highest BCUT2D eigenvalue weighted by molar-refractivity contribution is 5.60. The van der Waals surface area contributed by atoms with Crippen LogP contribution in [0.2, 0.25) is 0 Å². The summed E-state index contributed by atoms with van der Waals surface area (Å²) in [5, 5.41) is 3.26. The van der Waals surface area contributed by atoms with Crippen molar-refractivity contribution in [3.8, 4) is 0 Å². The van der Waals surface area contributed by atoms with Crippen LogP contribution in [0.15, 0.2) is 42.6 Å². The van der Waals surface area contributed by atoms with Crippen LogP contribution in [0, 0.1) is 5.82 Å². The molecule has 0 aliphatic carbocycles. The van der Waals surface area contributed by atoms with Crippen LogP contribution in [0.1, 0.15) is 12.5 Å². The van der Waals surface area contributed by atoms with Crippen molar-refractivity contribution in [2.45, 2.75) is 13.5 Å². The molecule has 0 unspecified atom stereocenters. The molecule has 0 saturated heterocycles. The average molecular weight is 259 g/mol. The van der Waals surface area contributed by atoms with Gasteiger partial charge in [-0.3, -0.25) is 0 Å². The van der Waals surface area contributed by atoms with Crippen molar-refractivity contribution in [3.05, 3.63) is 54.0 Å². The molecule has 0 aliphatic heterocycles. The molecule has 0 saturated carbocycles. The number of anilines is 2. The molecule has 100 valence electrons. The zero-order valence-corrected chi connectivity index (χ0v) is 11.2. The van der Waals surface area contributed by atoms with Crippen molar-refractivity contribution in [1.82, 2.24) is 10.3 Å². The van der Waals surface area contributed by atoms with Gasteiger partial charge in [0, 0.05) is 19.8 Å². The molecule has 1 N–H and O–H groups in total. The zero-order valence-electron chi connectivity index (χ0n) is 11.2. The van der Waals surface area contributed by atoms with Crippen molar-refractivity contribution in [3.63, 3.8) is 0 Å². The van der Waals surface area contributed by atoms with E-state index in [-0.39, 0.29) is 5.82 Å². The van der Waals surface area contributed by atoms with Crippen molar-refractivity contribution < 1.29 is 4.39 Å². The van der Waals surface area contributed by atoms with Crippen LogP contribution in [0.5, 0.6) is 0 Å². The molecule has 2 rings (SSSR count). The molecule has 0 bridgehead atoms.